The molecular formula is C18H23N3O2S. The second kappa shape index (κ2) is 6.80. The van der Waals surface area contributed by atoms with Gasteiger partial charge in [0.05, 0.1) is 19.9 Å². The highest BCUT2D eigenvalue weighted by Crippen LogP contribution is 2.31. The molecule has 128 valence electrons. The van der Waals surface area contributed by atoms with Crippen LogP contribution in [0.15, 0.2) is 42.7 Å². The average Bonchev–Trinajstić information content (AvgIpc) is 3.20. The Kier molecular flexibility index (Phi) is 4.54. The van der Waals surface area contributed by atoms with E-state index in [1.54, 1.807) is 0 Å². The van der Waals surface area contributed by atoms with Crippen LogP contribution < -0.4 is 0 Å². The maximum Gasteiger partial charge on any atom is 0.181 e. The van der Waals surface area contributed by atoms with Gasteiger partial charge in [-0.05, 0) is 17.8 Å². The van der Waals surface area contributed by atoms with Crippen molar-refractivity contribution in [2.75, 3.05) is 26.3 Å². The number of hydrogen-bond donors (Lipinski definition) is 0. The molecule has 2 saturated heterocycles. The molecule has 1 aromatic heterocycles. The van der Waals surface area contributed by atoms with E-state index in [1.807, 2.05) is 6.07 Å². The van der Waals surface area contributed by atoms with Gasteiger partial charge in [-0.25, -0.2) is 0 Å². The summed E-state index contributed by atoms with van der Waals surface area (Å²) in [5.41, 5.74) is 1.27. The minimum Gasteiger partial charge on any atom is -0.347 e. The van der Waals surface area contributed by atoms with E-state index in [4.69, 9.17) is 21.7 Å². The molecule has 0 amide bonds. The summed E-state index contributed by atoms with van der Waals surface area (Å²) in [6.45, 7) is 5.06. The van der Waals surface area contributed by atoms with Crippen LogP contribution in [0.5, 0.6) is 0 Å². The maximum absolute atomic E-state index is 5.79. The number of hydrogen-bond acceptors (Lipinski definition) is 4. The van der Waals surface area contributed by atoms with Gasteiger partial charge in [0.1, 0.15) is 0 Å². The number of benzene rings is 1. The Bertz CT molecular complexity index is 724. The van der Waals surface area contributed by atoms with Gasteiger partial charge < -0.3 is 18.6 Å². The molecule has 2 fully saturated rings. The molecule has 0 N–H and O–H groups in total. The number of imidazole rings is 1. The highest BCUT2D eigenvalue weighted by molar-refractivity contribution is 7.71. The van der Waals surface area contributed by atoms with Gasteiger partial charge in [0.2, 0.25) is 0 Å². The highest BCUT2D eigenvalue weighted by atomic mass is 32.1. The molecule has 0 radical (unpaired) electrons. The zero-order valence-corrected chi connectivity index (χ0v) is 14.6. The van der Waals surface area contributed by atoms with Crippen LogP contribution in [0.2, 0.25) is 0 Å². The second-order valence-electron chi connectivity index (χ2n) is 6.53. The lowest BCUT2D eigenvalue weighted by molar-refractivity contribution is -0.187. The topological polar surface area (TPSA) is 31.6 Å². The summed E-state index contributed by atoms with van der Waals surface area (Å²) in [4.78, 5) is 2.42. The number of likely N-dealkylation sites (tertiary alicyclic amines) is 1. The van der Waals surface area contributed by atoms with Crippen LogP contribution >= 0.6 is 12.2 Å². The monoisotopic (exact) mass is 345 g/mol. The van der Waals surface area contributed by atoms with E-state index < -0.39 is 0 Å². The SMILES string of the molecule is S=c1n(Cc2ccccc2)ccn1CN1CCC2(CC1)OCCO2. The molecule has 24 heavy (non-hydrogen) atoms. The summed E-state index contributed by atoms with van der Waals surface area (Å²) in [6, 6.07) is 10.4. The Morgan fingerprint density at radius 1 is 0.958 bits per heavy atom. The van der Waals surface area contributed by atoms with Crippen molar-refractivity contribution in [3.8, 4) is 0 Å². The van der Waals surface area contributed by atoms with Crippen LogP contribution in [-0.2, 0) is 22.7 Å². The molecule has 2 aliphatic heterocycles. The van der Waals surface area contributed by atoms with E-state index in [9.17, 15) is 0 Å². The molecule has 2 aromatic rings. The summed E-state index contributed by atoms with van der Waals surface area (Å²) in [6.07, 6.45) is 6.03. The smallest absolute Gasteiger partial charge is 0.181 e. The molecule has 1 aromatic carbocycles. The molecule has 6 heteroatoms. The second-order valence-corrected chi connectivity index (χ2v) is 6.90. The highest BCUT2D eigenvalue weighted by Gasteiger charge is 2.39. The number of piperidine rings is 1. The van der Waals surface area contributed by atoms with Crippen molar-refractivity contribution in [1.29, 1.82) is 0 Å². The maximum atomic E-state index is 5.79. The van der Waals surface area contributed by atoms with Gasteiger partial charge >= 0.3 is 0 Å². The summed E-state index contributed by atoms with van der Waals surface area (Å²) in [7, 11) is 0. The molecular weight excluding hydrogens is 322 g/mol. The predicted octanol–water partition coefficient (Wildman–Crippen LogP) is 2.86. The van der Waals surface area contributed by atoms with Crippen LogP contribution in [0.1, 0.15) is 18.4 Å². The first-order valence-corrected chi connectivity index (χ1v) is 8.95. The first-order chi connectivity index (χ1) is 11.7. The first kappa shape index (κ1) is 16.0. The van der Waals surface area contributed by atoms with Gasteiger partial charge in [0.15, 0.2) is 10.6 Å². The van der Waals surface area contributed by atoms with Crippen molar-refractivity contribution in [2.24, 2.45) is 0 Å². The van der Waals surface area contributed by atoms with Gasteiger partial charge in [-0.2, -0.15) is 0 Å². The van der Waals surface area contributed by atoms with Gasteiger partial charge in [-0.1, -0.05) is 30.3 Å². The Morgan fingerprint density at radius 2 is 1.62 bits per heavy atom. The predicted molar refractivity (Wildman–Crippen MR) is 94.2 cm³/mol. The Hall–Kier alpha value is -1.47. The average molecular weight is 345 g/mol. The van der Waals surface area contributed by atoms with E-state index in [0.717, 1.165) is 57.1 Å². The molecule has 4 rings (SSSR count). The molecule has 2 aliphatic rings. The summed E-state index contributed by atoms with van der Waals surface area (Å²) >= 11 is 5.64. The van der Waals surface area contributed by atoms with E-state index in [1.165, 1.54) is 5.56 Å². The van der Waals surface area contributed by atoms with E-state index >= 15 is 0 Å². The van der Waals surface area contributed by atoms with Crippen LogP contribution in [0.3, 0.4) is 0 Å². The molecule has 0 saturated carbocycles. The minimum absolute atomic E-state index is 0.308. The lowest BCUT2D eigenvalue weighted by Gasteiger charge is -2.37. The van der Waals surface area contributed by atoms with E-state index in [-0.39, 0.29) is 5.79 Å². The Morgan fingerprint density at radius 3 is 2.33 bits per heavy atom. The molecule has 0 aliphatic carbocycles. The minimum atomic E-state index is -0.308. The van der Waals surface area contributed by atoms with Crippen molar-refractivity contribution in [3.05, 3.63) is 53.1 Å². The molecule has 5 nitrogen and oxygen atoms in total. The van der Waals surface area contributed by atoms with Gasteiger partial charge in [0, 0.05) is 44.9 Å². The standard InChI is InChI=1S/C18H23N3O2S/c24-17-20(14-16-4-2-1-3-5-16)10-11-21(17)15-19-8-6-18(7-9-19)22-12-13-23-18/h1-5,10-11H,6-9,12-15H2. The third-order valence-corrected chi connectivity index (χ3v) is 5.37. The third-order valence-electron chi connectivity index (χ3n) is 4.90. The zero-order valence-electron chi connectivity index (χ0n) is 13.8. The zero-order chi connectivity index (χ0) is 16.4. The lowest BCUT2D eigenvalue weighted by Crippen LogP contribution is -2.45. The quantitative estimate of drug-likeness (QED) is 0.798. The normalized spacial score (nSPS) is 20.7. The van der Waals surface area contributed by atoms with Gasteiger partial charge in [-0.15, -0.1) is 0 Å². The summed E-state index contributed by atoms with van der Waals surface area (Å²) < 4.78 is 16.7. The third kappa shape index (κ3) is 3.32. The van der Waals surface area contributed by atoms with Gasteiger partial charge in [0.25, 0.3) is 0 Å². The summed E-state index contributed by atoms with van der Waals surface area (Å²) in [5.74, 6) is -0.308. The van der Waals surface area contributed by atoms with Crippen LogP contribution in [0.25, 0.3) is 0 Å². The molecule has 3 heterocycles. The number of rotatable bonds is 4. The fourth-order valence-corrected chi connectivity index (χ4v) is 3.74. The van der Waals surface area contributed by atoms with Crippen molar-refractivity contribution in [1.82, 2.24) is 14.0 Å². The van der Waals surface area contributed by atoms with E-state index in [2.05, 4.69) is 50.7 Å². The van der Waals surface area contributed by atoms with Crippen molar-refractivity contribution >= 4 is 12.2 Å². The fraction of sp³-hybridized carbons (Fsp3) is 0.500. The largest absolute Gasteiger partial charge is 0.347 e. The van der Waals surface area contributed by atoms with Crippen LogP contribution in [-0.4, -0.2) is 46.1 Å². The fourth-order valence-electron chi connectivity index (χ4n) is 3.50. The van der Waals surface area contributed by atoms with Crippen LogP contribution in [0, 0.1) is 4.77 Å². The number of aromatic nitrogens is 2. The first-order valence-electron chi connectivity index (χ1n) is 8.54. The van der Waals surface area contributed by atoms with Crippen molar-refractivity contribution in [3.63, 3.8) is 0 Å². The molecule has 1 spiro atoms. The van der Waals surface area contributed by atoms with Crippen molar-refractivity contribution in [2.45, 2.75) is 31.8 Å². The number of nitrogens with zero attached hydrogens (tertiary/aromatic N) is 3. The van der Waals surface area contributed by atoms with Gasteiger partial charge in [-0.3, -0.25) is 4.90 Å². The summed E-state index contributed by atoms with van der Waals surface area (Å²) in [5, 5.41) is 0. The Labute approximate surface area is 147 Å². The van der Waals surface area contributed by atoms with E-state index in [0.29, 0.717) is 0 Å². The van der Waals surface area contributed by atoms with Crippen LogP contribution in [0.4, 0.5) is 0 Å². The lowest BCUT2D eigenvalue weighted by atomic mass is 10.0. The van der Waals surface area contributed by atoms with Crippen molar-refractivity contribution < 1.29 is 9.47 Å². The molecule has 0 atom stereocenters. The number of ether oxygens (including phenoxy) is 2. The molecule has 0 unspecified atom stereocenters. The molecule has 0 bridgehead atoms. The Balaban J connectivity index is 1.38.